The number of guanidine groups is 1. The fourth-order valence-corrected chi connectivity index (χ4v) is 4.83. The maximum Gasteiger partial charge on any atom is 0.305 e. The zero-order valence-corrected chi connectivity index (χ0v) is 23.6. The number of nitrogens with zero attached hydrogens (tertiary/aromatic N) is 3. The van der Waals surface area contributed by atoms with Gasteiger partial charge >= 0.3 is 5.97 Å². The number of para-hydroxylation sites is 1. The molecule has 1 aliphatic heterocycles. The molecular weight excluding hydrogens is 534 g/mol. The van der Waals surface area contributed by atoms with Crippen LogP contribution in [0.15, 0.2) is 77.8 Å². The molecule has 0 aliphatic carbocycles. The third kappa shape index (κ3) is 8.57. The number of carboxylic acids is 1. The Labute approximate surface area is 245 Å². The molecule has 0 fully saturated rings. The van der Waals surface area contributed by atoms with Crippen molar-refractivity contribution in [2.24, 2.45) is 16.5 Å². The van der Waals surface area contributed by atoms with E-state index in [9.17, 15) is 19.5 Å². The lowest BCUT2D eigenvalue weighted by Crippen LogP contribution is -2.40. The van der Waals surface area contributed by atoms with Gasteiger partial charge in [0.15, 0.2) is 5.96 Å². The number of carbonyl (C=O) groups excluding carboxylic acids is 2. The van der Waals surface area contributed by atoms with Crippen molar-refractivity contribution in [3.05, 3.63) is 89.5 Å². The highest BCUT2D eigenvalue weighted by Crippen LogP contribution is 2.30. The number of anilines is 1. The second-order valence-electron chi connectivity index (χ2n) is 10.2. The molecule has 0 saturated carbocycles. The summed E-state index contributed by atoms with van der Waals surface area (Å²) in [5.74, 6) is -0.142. The van der Waals surface area contributed by atoms with E-state index in [1.165, 1.54) is 4.90 Å². The summed E-state index contributed by atoms with van der Waals surface area (Å²) in [5, 5.41) is 9.21. The lowest BCUT2D eigenvalue weighted by molar-refractivity contribution is -0.137. The minimum absolute atomic E-state index is 0.0429. The molecular formula is C32H37N5O5. The third-order valence-electron chi connectivity index (χ3n) is 7.00. The van der Waals surface area contributed by atoms with Gasteiger partial charge in [-0.1, -0.05) is 49.2 Å². The zero-order valence-electron chi connectivity index (χ0n) is 23.6. The van der Waals surface area contributed by atoms with E-state index in [2.05, 4.69) is 4.99 Å². The molecule has 0 saturated heterocycles. The van der Waals surface area contributed by atoms with Gasteiger partial charge in [-0.3, -0.25) is 19.4 Å². The molecule has 10 heteroatoms. The van der Waals surface area contributed by atoms with E-state index in [1.807, 2.05) is 72.8 Å². The van der Waals surface area contributed by atoms with Gasteiger partial charge < -0.3 is 31.1 Å². The van der Waals surface area contributed by atoms with Gasteiger partial charge in [-0.15, -0.1) is 0 Å². The number of aryl methyl sites for hydroxylation is 1. The molecule has 0 radical (unpaired) electrons. The Bertz CT molecular complexity index is 1400. The highest BCUT2D eigenvalue weighted by Gasteiger charge is 2.32. The Morgan fingerprint density at radius 2 is 1.57 bits per heavy atom. The van der Waals surface area contributed by atoms with Crippen LogP contribution in [0.4, 0.5) is 5.69 Å². The number of ether oxygens (including phenoxy) is 1. The Kier molecular flexibility index (Phi) is 10.5. The van der Waals surface area contributed by atoms with Crippen LogP contribution < -0.4 is 21.1 Å². The monoisotopic (exact) mass is 571 g/mol. The normalized spacial score (nSPS) is 13.0. The number of nitrogens with two attached hydrogens (primary N) is 2. The lowest BCUT2D eigenvalue weighted by Gasteiger charge is -2.23. The lowest BCUT2D eigenvalue weighted by atomic mass is 10.0. The first-order valence-corrected chi connectivity index (χ1v) is 14.1. The summed E-state index contributed by atoms with van der Waals surface area (Å²) in [7, 11) is 0. The van der Waals surface area contributed by atoms with Gasteiger partial charge in [0, 0.05) is 13.1 Å². The number of rotatable bonds is 14. The van der Waals surface area contributed by atoms with Crippen LogP contribution in [0.1, 0.15) is 53.6 Å². The van der Waals surface area contributed by atoms with Crippen LogP contribution in [0.5, 0.6) is 11.5 Å². The first-order chi connectivity index (χ1) is 20.3. The van der Waals surface area contributed by atoms with Crippen molar-refractivity contribution in [2.45, 2.75) is 45.1 Å². The van der Waals surface area contributed by atoms with Gasteiger partial charge in [-0.25, -0.2) is 0 Å². The maximum absolute atomic E-state index is 13.6. The summed E-state index contributed by atoms with van der Waals surface area (Å²) in [4.78, 5) is 45.2. The van der Waals surface area contributed by atoms with Gasteiger partial charge in [-0.05, 0) is 66.8 Å². The van der Waals surface area contributed by atoms with E-state index in [0.29, 0.717) is 23.5 Å². The van der Waals surface area contributed by atoms with Crippen molar-refractivity contribution in [1.82, 2.24) is 4.90 Å². The van der Waals surface area contributed by atoms with E-state index in [1.54, 1.807) is 4.90 Å². The van der Waals surface area contributed by atoms with Gasteiger partial charge in [-0.2, -0.15) is 0 Å². The molecule has 0 atom stereocenters. The quantitative estimate of drug-likeness (QED) is 0.148. The summed E-state index contributed by atoms with van der Waals surface area (Å²) in [6.45, 7) is 0.626. The number of aliphatic carboxylic acids is 1. The van der Waals surface area contributed by atoms with Crippen molar-refractivity contribution in [1.29, 1.82) is 0 Å². The molecule has 2 amide bonds. The average molecular weight is 572 g/mol. The second-order valence-corrected chi connectivity index (χ2v) is 10.2. The SMILES string of the molecule is NC(N)=NCCCCCCc1ccc2c(c1)C(=O)N(CCC(=O)O)CC(=O)N2Cc1ccc(Oc2ccccc2)cc1. The van der Waals surface area contributed by atoms with Crippen LogP contribution in [0.2, 0.25) is 0 Å². The number of aliphatic imine (C=N–C) groups is 1. The van der Waals surface area contributed by atoms with Crippen LogP contribution >= 0.6 is 0 Å². The summed E-state index contributed by atoms with van der Waals surface area (Å²) in [5.41, 5.74) is 13.5. The van der Waals surface area contributed by atoms with Crippen molar-refractivity contribution < 1.29 is 24.2 Å². The predicted molar refractivity (Wildman–Crippen MR) is 162 cm³/mol. The van der Waals surface area contributed by atoms with Crippen LogP contribution in [0.25, 0.3) is 0 Å². The van der Waals surface area contributed by atoms with Crippen molar-refractivity contribution >= 4 is 29.4 Å². The number of hydrogen-bond acceptors (Lipinski definition) is 5. The molecule has 4 rings (SSSR count). The van der Waals surface area contributed by atoms with Gasteiger partial charge in [0.25, 0.3) is 5.91 Å². The number of unbranched alkanes of at least 4 members (excludes halogenated alkanes) is 3. The standard InChI is InChI=1S/C32H37N5O5/c33-32(34)35-18-7-2-1-4-8-23-13-16-28-27(20-23)31(41)36(19-17-30(39)40)22-29(38)37(28)21-24-11-14-26(15-12-24)42-25-9-5-3-6-10-25/h3,5-6,9-16,20H,1-2,4,7-8,17-19,21-22H2,(H,39,40)(H4,33,34,35). The van der Waals surface area contributed by atoms with Crippen molar-refractivity contribution in [2.75, 3.05) is 24.5 Å². The molecule has 220 valence electrons. The van der Waals surface area contributed by atoms with E-state index in [4.69, 9.17) is 16.2 Å². The van der Waals surface area contributed by atoms with Crippen LogP contribution in [0, 0.1) is 0 Å². The third-order valence-corrected chi connectivity index (χ3v) is 7.00. The van der Waals surface area contributed by atoms with E-state index in [-0.39, 0.29) is 43.8 Å². The highest BCUT2D eigenvalue weighted by atomic mass is 16.5. The smallest absolute Gasteiger partial charge is 0.305 e. The Morgan fingerprint density at radius 1 is 0.881 bits per heavy atom. The number of fused-ring (bicyclic) bond motifs is 1. The number of carboxylic acid groups (broad SMARTS) is 1. The zero-order chi connectivity index (χ0) is 29.9. The van der Waals surface area contributed by atoms with Crippen LogP contribution in [-0.2, 0) is 22.6 Å². The number of benzene rings is 3. The van der Waals surface area contributed by atoms with Gasteiger partial charge in [0.2, 0.25) is 5.91 Å². The van der Waals surface area contributed by atoms with Crippen molar-refractivity contribution in [3.8, 4) is 11.5 Å². The molecule has 3 aromatic rings. The van der Waals surface area contributed by atoms with Crippen LogP contribution in [0.3, 0.4) is 0 Å². The Hall–Kier alpha value is -4.86. The molecule has 0 aromatic heterocycles. The molecule has 0 unspecified atom stereocenters. The second kappa shape index (κ2) is 14.7. The topological polar surface area (TPSA) is 152 Å². The first-order valence-electron chi connectivity index (χ1n) is 14.1. The first kappa shape index (κ1) is 30.1. The van der Waals surface area contributed by atoms with Crippen molar-refractivity contribution in [3.63, 3.8) is 0 Å². The fourth-order valence-electron chi connectivity index (χ4n) is 4.83. The predicted octanol–water partition coefficient (Wildman–Crippen LogP) is 4.32. The summed E-state index contributed by atoms with van der Waals surface area (Å²) in [6, 6.07) is 22.5. The molecule has 1 aliphatic rings. The molecule has 1 heterocycles. The van der Waals surface area contributed by atoms with E-state index in [0.717, 1.165) is 49.0 Å². The van der Waals surface area contributed by atoms with Gasteiger partial charge in [0.1, 0.15) is 18.0 Å². The van der Waals surface area contributed by atoms with Crippen LogP contribution in [-0.4, -0.2) is 53.4 Å². The van der Waals surface area contributed by atoms with E-state index < -0.39 is 5.97 Å². The molecule has 3 aromatic carbocycles. The van der Waals surface area contributed by atoms with E-state index >= 15 is 0 Å². The summed E-state index contributed by atoms with van der Waals surface area (Å²) >= 11 is 0. The molecule has 0 bridgehead atoms. The maximum atomic E-state index is 13.6. The Balaban J connectivity index is 1.50. The average Bonchev–Trinajstić information content (AvgIpc) is 3.07. The molecule has 0 spiro atoms. The fraction of sp³-hybridized carbons (Fsp3) is 0.312. The number of hydrogen-bond donors (Lipinski definition) is 3. The number of carbonyl (C=O) groups is 3. The molecule has 42 heavy (non-hydrogen) atoms. The minimum Gasteiger partial charge on any atom is -0.481 e. The summed E-state index contributed by atoms with van der Waals surface area (Å²) in [6.07, 6.45) is 4.34. The van der Waals surface area contributed by atoms with Gasteiger partial charge in [0.05, 0.1) is 24.2 Å². The largest absolute Gasteiger partial charge is 0.481 e. The molecule has 10 nitrogen and oxygen atoms in total. The Morgan fingerprint density at radius 3 is 2.29 bits per heavy atom. The number of amides is 2. The highest BCUT2D eigenvalue weighted by molar-refractivity contribution is 6.09. The minimum atomic E-state index is -1.03. The molecule has 5 N–H and O–H groups in total. The summed E-state index contributed by atoms with van der Waals surface area (Å²) < 4.78 is 5.88.